The zero-order chi connectivity index (χ0) is 28.3. The fourth-order valence-electron chi connectivity index (χ4n) is 6.94. The van der Waals surface area contributed by atoms with E-state index in [0.717, 1.165) is 11.1 Å². The van der Waals surface area contributed by atoms with Crippen LogP contribution in [0.2, 0.25) is 5.02 Å². The van der Waals surface area contributed by atoms with E-state index >= 15 is 0 Å². The first kappa shape index (κ1) is 25.3. The van der Waals surface area contributed by atoms with Gasteiger partial charge in [0.05, 0.1) is 24.1 Å². The topological polar surface area (TPSA) is 75.7 Å². The Morgan fingerprint density at radius 1 is 0.902 bits per heavy atom. The minimum Gasteiger partial charge on any atom is -0.497 e. The molecule has 7 rings (SSSR count). The first-order valence-corrected chi connectivity index (χ1v) is 13.8. The van der Waals surface area contributed by atoms with Crippen LogP contribution in [0, 0.1) is 5.92 Å². The van der Waals surface area contributed by atoms with E-state index in [4.69, 9.17) is 16.3 Å². The van der Waals surface area contributed by atoms with Crippen LogP contribution in [0.4, 0.5) is 5.69 Å². The van der Waals surface area contributed by atoms with Gasteiger partial charge in [0.25, 0.3) is 0 Å². The number of ketones is 2. The Labute approximate surface area is 242 Å². The summed E-state index contributed by atoms with van der Waals surface area (Å²) >= 11 is 6.56. The minimum atomic E-state index is -1.40. The quantitative estimate of drug-likeness (QED) is 0.289. The molecule has 6 nitrogen and oxygen atoms in total. The van der Waals surface area contributed by atoms with Gasteiger partial charge in [0.1, 0.15) is 17.2 Å². The van der Waals surface area contributed by atoms with Crippen LogP contribution >= 0.6 is 11.6 Å². The first-order valence-electron chi connectivity index (χ1n) is 13.4. The molecule has 3 heterocycles. The third-order valence-electron chi connectivity index (χ3n) is 8.62. The lowest BCUT2D eigenvalue weighted by atomic mass is 9.62. The highest BCUT2D eigenvalue weighted by molar-refractivity contribution is 6.34. The van der Waals surface area contributed by atoms with E-state index in [0.29, 0.717) is 33.1 Å². The van der Waals surface area contributed by atoms with Gasteiger partial charge in [0.2, 0.25) is 5.91 Å². The fourth-order valence-corrected chi connectivity index (χ4v) is 7.17. The van der Waals surface area contributed by atoms with Crippen LogP contribution in [0.25, 0.3) is 6.08 Å². The van der Waals surface area contributed by atoms with Crippen molar-refractivity contribution in [3.05, 3.63) is 136 Å². The smallest absolute Gasteiger partial charge is 0.238 e. The lowest BCUT2D eigenvalue weighted by molar-refractivity contribution is -0.122. The number of fused-ring (bicyclic) bond motifs is 6. The zero-order valence-electron chi connectivity index (χ0n) is 22.1. The molecule has 1 N–H and O–H groups in total. The molecule has 0 saturated carbocycles. The van der Waals surface area contributed by atoms with Crippen molar-refractivity contribution in [2.24, 2.45) is 5.92 Å². The number of hydrogen-bond donors (Lipinski definition) is 1. The SMILES string of the molecule is COc1cccc(C(=O)[C@H]2[C@@H](C(=O)c3ccccc3Cl)N3C=Cc4ccccc4[C@@H]3[C@]23C(=O)Nc2ccccc23)c1. The van der Waals surface area contributed by atoms with E-state index < -0.39 is 23.4 Å². The second kappa shape index (κ2) is 9.46. The van der Waals surface area contributed by atoms with Crippen LogP contribution in [0.15, 0.2) is 103 Å². The second-order valence-electron chi connectivity index (χ2n) is 10.5. The molecule has 0 aromatic heterocycles. The Kier molecular flexibility index (Phi) is 5.84. The standard InChI is InChI=1S/C34H25ClN2O4/c1-41-22-11-8-10-21(19-22)30(38)28-29(31(39)24-13-4-6-15-26(24)35)37-18-17-20-9-2-3-12-23(20)32(37)34(28)25-14-5-7-16-27(25)36-33(34)40/h2-19,28-29,32H,1H3,(H,36,40)/t28-,29+,32-,34-/m1/s1. The number of para-hydroxylation sites is 1. The van der Waals surface area contributed by atoms with Crippen molar-refractivity contribution >= 4 is 40.8 Å². The van der Waals surface area contributed by atoms with E-state index in [1.165, 1.54) is 7.11 Å². The molecule has 4 aromatic rings. The van der Waals surface area contributed by atoms with Gasteiger partial charge < -0.3 is 15.0 Å². The number of rotatable bonds is 5. The number of carbonyl (C=O) groups is 3. The minimum absolute atomic E-state index is 0.292. The summed E-state index contributed by atoms with van der Waals surface area (Å²) in [6.45, 7) is 0. The Morgan fingerprint density at radius 3 is 2.49 bits per heavy atom. The predicted octanol–water partition coefficient (Wildman–Crippen LogP) is 6.33. The van der Waals surface area contributed by atoms with Crippen molar-refractivity contribution in [1.29, 1.82) is 0 Å². The number of nitrogens with zero attached hydrogens (tertiary/aromatic N) is 1. The van der Waals surface area contributed by atoms with E-state index in [9.17, 15) is 14.4 Å². The van der Waals surface area contributed by atoms with Gasteiger partial charge in [-0.05, 0) is 53.1 Å². The van der Waals surface area contributed by atoms with Crippen LogP contribution in [0.1, 0.15) is 43.4 Å². The van der Waals surface area contributed by atoms with Crippen LogP contribution < -0.4 is 10.1 Å². The Bertz CT molecular complexity index is 1780. The third kappa shape index (κ3) is 3.54. The number of anilines is 1. The van der Waals surface area contributed by atoms with Crippen LogP contribution in [-0.2, 0) is 10.2 Å². The average molecular weight is 561 g/mol. The van der Waals surface area contributed by atoms with E-state index in [-0.39, 0.29) is 17.5 Å². The number of methoxy groups -OCH3 is 1. The molecular formula is C34H25ClN2O4. The predicted molar refractivity (Wildman–Crippen MR) is 157 cm³/mol. The number of nitrogens with one attached hydrogen (secondary N) is 1. The van der Waals surface area contributed by atoms with Gasteiger partial charge >= 0.3 is 0 Å². The number of hydrogen-bond acceptors (Lipinski definition) is 5. The van der Waals surface area contributed by atoms with Gasteiger partial charge in [-0.3, -0.25) is 14.4 Å². The average Bonchev–Trinajstić information content (AvgIpc) is 3.49. The number of Topliss-reactive ketones (excluding diaryl/α,β-unsaturated/α-hetero) is 2. The molecule has 1 fully saturated rings. The summed E-state index contributed by atoms with van der Waals surface area (Å²) in [6.07, 6.45) is 3.78. The van der Waals surface area contributed by atoms with Crippen molar-refractivity contribution in [2.75, 3.05) is 12.4 Å². The van der Waals surface area contributed by atoms with Crippen molar-refractivity contribution < 1.29 is 19.1 Å². The number of carbonyl (C=O) groups excluding carboxylic acids is 3. The summed E-state index contributed by atoms with van der Waals surface area (Å²) in [5.41, 5.74) is 2.40. The Balaban J connectivity index is 1.55. The Hall–Kier alpha value is -4.68. The summed E-state index contributed by atoms with van der Waals surface area (Å²) in [6, 6.07) is 27.3. The molecule has 3 aliphatic heterocycles. The largest absolute Gasteiger partial charge is 0.497 e. The summed E-state index contributed by atoms with van der Waals surface area (Å²) in [4.78, 5) is 45.8. The number of benzene rings is 4. The van der Waals surface area contributed by atoms with Gasteiger partial charge in [-0.2, -0.15) is 0 Å². The molecule has 202 valence electrons. The Morgan fingerprint density at radius 2 is 1.66 bits per heavy atom. The van der Waals surface area contributed by atoms with E-state index in [1.54, 1.807) is 48.5 Å². The number of halogens is 1. The third-order valence-corrected chi connectivity index (χ3v) is 8.94. The van der Waals surface area contributed by atoms with Gasteiger partial charge in [-0.1, -0.05) is 78.3 Å². The summed E-state index contributed by atoms with van der Waals surface area (Å²) in [7, 11) is 1.53. The van der Waals surface area contributed by atoms with Crippen LogP contribution in [-0.4, -0.2) is 35.5 Å². The lowest BCUT2D eigenvalue weighted by Gasteiger charge is -2.38. The van der Waals surface area contributed by atoms with Gasteiger partial charge in [0.15, 0.2) is 11.6 Å². The molecule has 7 heteroatoms. The van der Waals surface area contributed by atoms with Crippen molar-refractivity contribution in [3.8, 4) is 5.75 Å². The molecule has 4 atom stereocenters. The van der Waals surface area contributed by atoms with Crippen LogP contribution in [0.3, 0.4) is 0 Å². The highest BCUT2D eigenvalue weighted by atomic mass is 35.5. The molecule has 41 heavy (non-hydrogen) atoms. The van der Waals surface area contributed by atoms with E-state index in [2.05, 4.69) is 5.32 Å². The second-order valence-corrected chi connectivity index (χ2v) is 10.9. The van der Waals surface area contributed by atoms with Crippen LogP contribution in [0.5, 0.6) is 5.75 Å². The lowest BCUT2D eigenvalue weighted by Crippen LogP contribution is -2.49. The molecular weight excluding hydrogens is 536 g/mol. The molecule has 4 aromatic carbocycles. The highest BCUT2D eigenvalue weighted by Gasteiger charge is 2.70. The summed E-state index contributed by atoms with van der Waals surface area (Å²) in [5, 5.41) is 3.35. The summed E-state index contributed by atoms with van der Waals surface area (Å²) < 4.78 is 5.42. The molecule has 0 aliphatic carbocycles. The van der Waals surface area contributed by atoms with Crippen molar-refractivity contribution in [2.45, 2.75) is 17.5 Å². The van der Waals surface area contributed by atoms with Gasteiger partial charge in [-0.25, -0.2) is 0 Å². The summed E-state index contributed by atoms with van der Waals surface area (Å²) in [5.74, 6) is -1.52. The maximum Gasteiger partial charge on any atom is 0.238 e. The fraction of sp³-hybridized carbons (Fsp3) is 0.147. The molecule has 1 spiro atoms. The van der Waals surface area contributed by atoms with E-state index in [1.807, 2.05) is 65.7 Å². The maximum absolute atomic E-state index is 14.8. The molecule has 0 unspecified atom stereocenters. The molecule has 1 amide bonds. The van der Waals surface area contributed by atoms with Crippen molar-refractivity contribution in [3.63, 3.8) is 0 Å². The maximum atomic E-state index is 14.8. The van der Waals surface area contributed by atoms with Crippen molar-refractivity contribution in [1.82, 2.24) is 4.90 Å². The molecule has 1 saturated heterocycles. The van der Waals surface area contributed by atoms with Gasteiger partial charge in [0, 0.05) is 23.0 Å². The highest BCUT2D eigenvalue weighted by Crippen LogP contribution is 2.62. The number of amides is 1. The molecule has 0 radical (unpaired) electrons. The monoisotopic (exact) mass is 560 g/mol. The zero-order valence-corrected chi connectivity index (χ0v) is 22.8. The number of ether oxygens (including phenoxy) is 1. The molecule has 3 aliphatic rings. The molecule has 0 bridgehead atoms. The van der Waals surface area contributed by atoms with Gasteiger partial charge in [-0.15, -0.1) is 0 Å². The normalized spacial score (nSPS) is 23.5. The first-order chi connectivity index (χ1) is 20.0.